The molecule has 0 unspecified atom stereocenters. The molecule has 0 aliphatic rings. The van der Waals surface area contributed by atoms with Gasteiger partial charge in [0.1, 0.15) is 13.1 Å². The number of rotatable bonds is 3. The fourth-order valence-electron chi connectivity index (χ4n) is 0.654. The molecule has 0 rings (SSSR count). The summed E-state index contributed by atoms with van der Waals surface area (Å²) in [6.07, 6.45) is -10.2. The number of hydrogen-bond donors (Lipinski definition) is 2. The van der Waals surface area contributed by atoms with E-state index in [0.717, 1.165) is 0 Å². The first-order valence-electron chi connectivity index (χ1n) is 3.26. The predicted molar refractivity (Wildman–Crippen MR) is 35.7 cm³/mol. The molecule has 0 aliphatic carbocycles. The summed E-state index contributed by atoms with van der Waals surface area (Å²) in [5.74, 6) is 0. The lowest BCUT2D eigenvalue weighted by molar-refractivity contribution is -0.168. The molecule has 0 fully saturated rings. The van der Waals surface area contributed by atoms with Crippen molar-refractivity contribution in [2.45, 2.75) is 12.4 Å². The Kier molecular flexibility index (Phi) is 4.19. The van der Waals surface area contributed by atoms with Crippen LogP contribution in [0, 0.1) is 0 Å². The van der Waals surface area contributed by atoms with Crippen LogP contribution in [0.25, 0.3) is 0 Å². The first-order valence-corrected chi connectivity index (χ1v) is 4.82. The van der Waals surface area contributed by atoms with Gasteiger partial charge in [0.05, 0.1) is 0 Å². The first-order chi connectivity index (χ1) is 6.31. The molecule has 0 aliphatic heterocycles. The molecular formula is C4H6F6NO3P. The van der Waals surface area contributed by atoms with Crippen molar-refractivity contribution in [2.24, 2.45) is 0 Å². The molecule has 0 amide bonds. The van der Waals surface area contributed by atoms with E-state index in [1.54, 1.807) is 0 Å². The maximum Gasteiger partial charge on any atom is 0.403 e. The molecule has 15 heavy (non-hydrogen) atoms. The van der Waals surface area contributed by atoms with Crippen molar-refractivity contribution in [1.82, 2.24) is 4.67 Å². The maximum absolute atomic E-state index is 11.7. The molecule has 0 aromatic carbocycles. The third kappa shape index (κ3) is 7.60. The van der Waals surface area contributed by atoms with Gasteiger partial charge < -0.3 is 9.79 Å². The molecule has 0 bridgehead atoms. The second-order valence-corrected chi connectivity index (χ2v) is 4.16. The highest BCUT2D eigenvalue weighted by molar-refractivity contribution is 7.49. The molecule has 0 saturated heterocycles. The van der Waals surface area contributed by atoms with Gasteiger partial charge in [0.2, 0.25) is 0 Å². The Balaban J connectivity index is 4.70. The standard InChI is InChI=1S/C4H6F6NO3P/c5-3(6,7)1-11(15(12,13)14)2-4(8,9)10/h1-2H2,(H2,12,13,14). The Morgan fingerprint density at radius 3 is 1.33 bits per heavy atom. The molecule has 0 radical (unpaired) electrons. The Labute approximate surface area is 79.7 Å². The number of alkyl halides is 6. The van der Waals surface area contributed by atoms with E-state index >= 15 is 0 Å². The van der Waals surface area contributed by atoms with E-state index in [1.807, 2.05) is 0 Å². The zero-order chi connectivity index (χ0) is 12.5. The summed E-state index contributed by atoms with van der Waals surface area (Å²) in [6.45, 7) is -4.65. The Hall–Kier alpha value is -0.310. The van der Waals surface area contributed by atoms with Gasteiger partial charge in [-0.1, -0.05) is 0 Å². The van der Waals surface area contributed by atoms with E-state index in [0.29, 0.717) is 0 Å². The van der Waals surface area contributed by atoms with Crippen LogP contribution in [-0.4, -0.2) is 39.9 Å². The zero-order valence-corrected chi connectivity index (χ0v) is 7.77. The number of nitrogens with zero attached hydrogens (tertiary/aromatic N) is 1. The van der Waals surface area contributed by atoms with E-state index in [9.17, 15) is 30.9 Å². The van der Waals surface area contributed by atoms with Crippen LogP contribution in [0.5, 0.6) is 0 Å². The topological polar surface area (TPSA) is 60.8 Å². The second-order valence-electron chi connectivity index (χ2n) is 2.57. The fourth-order valence-corrected chi connectivity index (χ4v) is 1.34. The smallest absolute Gasteiger partial charge is 0.312 e. The van der Waals surface area contributed by atoms with Gasteiger partial charge in [-0.2, -0.15) is 31.0 Å². The van der Waals surface area contributed by atoms with Gasteiger partial charge in [0.15, 0.2) is 0 Å². The molecule has 11 heteroatoms. The van der Waals surface area contributed by atoms with Crippen molar-refractivity contribution in [2.75, 3.05) is 13.1 Å². The van der Waals surface area contributed by atoms with Gasteiger partial charge in [0.25, 0.3) is 0 Å². The lowest BCUT2D eigenvalue weighted by atomic mass is 10.5. The summed E-state index contributed by atoms with van der Waals surface area (Å²) in [4.78, 5) is 16.5. The van der Waals surface area contributed by atoms with Crippen LogP contribution in [-0.2, 0) is 4.57 Å². The van der Waals surface area contributed by atoms with Crippen LogP contribution < -0.4 is 0 Å². The van der Waals surface area contributed by atoms with E-state index in [2.05, 4.69) is 0 Å². The summed E-state index contributed by atoms with van der Waals surface area (Å²) in [6, 6.07) is 0. The van der Waals surface area contributed by atoms with Gasteiger partial charge in [-0.15, -0.1) is 0 Å². The highest BCUT2D eigenvalue weighted by Gasteiger charge is 2.43. The van der Waals surface area contributed by atoms with Crippen molar-refractivity contribution >= 4 is 7.75 Å². The maximum atomic E-state index is 11.7. The Morgan fingerprint density at radius 2 is 1.20 bits per heavy atom. The SMILES string of the molecule is O=P(O)(O)N(CC(F)(F)F)CC(F)(F)F. The Morgan fingerprint density at radius 1 is 0.933 bits per heavy atom. The number of hydrogen-bond acceptors (Lipinski definition) is 1. The summed E-state index contributed by atoms with van der Waals surface area (Å²) in [5.41, 5.74) is 0. The van der Waals surface area contributed by atoms with Gasteiger partial charge >= 0.3 is 20.1 Å². The second kappa shape index (κ2) is 4.28. The zero-order valence-electron chi connectivity index (χ0n) is 6.88. The van der Waals surface area contributed by atoms with Crippen molar-refractivity contribution < 1.29 is 40.7 Å². The van der Waals surface area contributed by atoms with Crippen LogP contribution in [0.3, 0.4) is 0 Å². The highest BCUT2D eigenvalue weighted by atomic mass is 31.2. The quantitative estimate of drug-likeness (QED) is 0.597. The molecule has 0 saturated carbocycles. The van der Waals surface area contributed by atoms with E-state index in [1.165, 1.54) is 0 Å². The lowest BCUT2D eigenvalue weighted by Gasteiger charge is -2.24. The fraction of sp³-hybridized carbons (Fsp3) is 1.00. The number of halogens is 6. The van der Waals surface area contributed by atoms with Crippen molar-refractivity contribution in [3.8, 4) is 0 Å². The molecular weight excluding hydrogens is 255 g/mol. The summed E-state index contributed by atoms with van der Waals surface area (Å²) >= 11 is 0. The van der Waals surface area contributed by atoms with E-state index in [4.69, 9.17) is 9.79 Å². The normalized spacial score (nSPS) is 14.7. The third-order valence-electron chi connectivity index (χ3n) is 1.09. The average molecular weight is 261 g/mol. The monoisotopic (exact) mass is 261 g/mol. The molecule has 2 N–H and O–H groups in total. The minimum atomic E-state index is -5.58. The molecule has 4 nitrogen and oxygen atoms in total. The largest absolute Gasteiger partial charge is 0.403 e. The van der Waals surface area contributed by atoms with Crippen LogP contribution >= 0.6 is 7.75 Å². The molecule has 92 valence electrons. The van der Waals surface area contributed by atoms with Crippen molar-refractivity contribution in [1.29, 1.82) is 0 Å². The third-order valence-corrected chi connectivity index (χ3v) is 2.11. The van der Waals surface area contributed by atoms with Gasteiger partial charge in [-0.3, -0.25) is 0 Å². The van der Waals surface area contributed by atoms with E-state index in [-0.39, 0.29) is 0 Å². The van der Waals surface area contributed by atoms with Gasteiger partial charge in [-0.25, -0.2) is 4.57 Å². The van der Waals surface area contributed by atoms with Crippen LogP contribution in [0.2, 0.25) is 0 Å². The van der Waals surface area contributed by atoms with Crippen molar-refractivity contribution in [3.05, 3.63) is 0 Å². The minimum Gasteiger partial charge on any atom is -0.312 e. The molecule has 0 spiro atoms. The van der Waals surface area contributed by atoms with Crippen LogP contribution in [0.4, 0.5) is 26.3 Å². The van der Waals surface area contributed by atoms with E-state index < -0.39 is 37.9 Å². The summed E-state index contributed by atoms with van der Waals surface area (Å²) < 4.78 is 79.3. The molecule has 0 aromatic heterocycles. The summed E-state index contributed by atoms with van der Waals surface area (Å²) in [5, 5.41) is 0. The molecule has 0 heterocycles. The molecule has 0 aromatic rings. The molecule has 0 atom stereocenters. The highest BCUT2D eigenvalue weighted by Crippen LogP contribution is 2.43. The minimum absolute atomic E-state index is 0.979. The van der Waals surface area contributed by atoms with Gasteiger partial charge in [-0.05, 0) is 0 Å². The average Bonchev–Trinajstić information content (AvgIpc) is 1.75. The van der Waals surface area contributed by atoms with Crippen molar-refractivity contribution in [3.63, 3.8) is 0 Å². The van der Waals surface area contributed by atoms with Crippen LogP contribution in [0.15, 0.2) is 0 Å². The first kappa shape index (κ1) is 14.7. The summed E-state index contributed by atoms with van der Waals surface area (Å²) in [7, 11) is -5.58. The predicted octanol–water partition coefficient (Wildman–Crippen LogP) is 1.51. The Bertz CT molecular complexity index is 240. The van der Waals surface area contributed by atoms with Crippen LogP contribution in [0.1, 0.15) is 0 Å². The van der Waals surface area contributed by atoms with Gasteiger partial charge in [0, 0.05) is 0 Å². The lowest BCUT2D eigenvalue weighted by Crippen LogP contribution is -2.38.